The van der Waals surface area contributed by atoms with Gasteiger partial charge in [-0.1, -0.05) is 5.16 Å². The Hall–Kier alpha value is -2.70. The van der Waals surface area contributed by atoms with Crippen LogP contribution < -0.4 is 0 Å². The van der Waals surface area contributed by atoms with Gasteiger partial charge in [-0.15, -0.1) is 0 Å². The topological polar surface area (TPSA) is 136 Å². The summed E-state index contributed by atoms with van der Waals surface area (Å²) < 4.78 is 56.8. The summed E-state index contributed by atoms with van der Waals surface area (Å²) in [6, 6.07) is 6.41. The molecule has 2 aliphatic rings. The largest absolute Gasteiger partial charge is 0.339 e. The van der Waals surface area contributed by atoms with Crippen LogP contribution in [0.2, 0.25) is 0 Å². The molecular formula is C18H17N5O5S2. The highest BCUT2D eigenvalue weighted by Crippen LogP contribution is 2.50. The molecule has 0 N–H and O–H groups in total. The molecule has 0 bridgehead atoms. The van der Waals surface area contributed by atoms with E-state index in [1.807, 2.05) is 0 Å². The van der Waals surface area contributed by atoms with Crippen molar-refractivity contribution < 1.29 is 21.4 Å². The highest BCUT2D eigenvalue weighted by molar-refractivity contribution is 7.93. The number of hydrogen-bond donors (Lipinski definition) is 0. The van der Waals surface area contributed by atoms with Crippen LogP contribution >= 0.6 is 0 Å². The Labute approximate surface area is 172 Å². The summed E-state index contributed by atoms with van der Waals surface area (Å²) in [6.45, 7) is -0.297. The summed E-state index contributed by atoms with van der Waals surface area (Å²) in [5, 5.41) is 3.97. The van der Waals surface area contributed by atoms with E-state index < -0.39 is 30.5 Å². The molecule has 10 nitrogen and oxygen atoms in total. The Bertz CT molecular complexity index is 1290. The van der Waals surface area contributed by atoms with Crippen molar-refractivity contribution in [2.75, 3.05) is 18.8 Å². The predicted molar refractivity (Wildman–Crippen MR) is 104 cm³/mol. The van der Waals surface area contributed by atoms with Crippen LogP contribution in [0.25, 0.3) is 11.4 Å². The first-order valence-electron chi connectivity index (χ1n) is 9.20. The lowest BCUT2D eigenvalue weighted by Gasteiger charge is -2.47. The molecule has 0 aliphatic carbocycles. The highest BCUT2D eigenvalue weighted by atomic mass is 32.2. The van der Waals surface area contributed by atoms with Crippen LogP contribution in [0.1, 0.15) is 18.2 Å². The molecule has 5 rings (SSSR count). The van der Waals surface area contributed by atoms with E-state index >= 15 is 0 Å². The number of rotatable bonds is 4. The zero-order chi connectivity index (χ0) is 21.0. The predicted octanol–water partition coefficient (Wildman–Crippen LogP) is 0.872. The number of sulfone groups is 1. The Morgan fingerprint density at radius 3 is 2.57 bits per heavy atom. The van der Waals surface area contributed by atoms with Gasteiger partial charge < -0.3 is 4.52 Å². The molecule has 156 valence electrons. The SMILES string of the molecule is O=S(=O)(c1cccnc1)N1CC2(C1)C(c1nc(-c3ccncc3)no1)CCS2(=O)=O. The molecule has 0 aromatic carbocycles. The van der Waals surface area contributed by atoms with Gasteiger partial charge in [0.1, 0.15) is 9.64 Å². The van der Waals surface area contributed by atoms with Gasteiger partial charge in [0.25, 0.3) is 0 Å². The second kappa shape index (κ2) is 6.65. The van der Waals surface area contributed by atoms with E-state index in [-0.39, 0.29) is 29.6 Å². The summed E-state index contributed by atoms with van der Waals surface area (Å²) in [7, 11) is -7.36. The van der Waals surface area contributed by atoms with Gasteiger partial charge in [0.15, 0.2) is 9.84 Å². The van der Waals surface area contributed by atoms with Crippen LogP contribution in [0, 0.1) is 0 Å². The lowest BCUT2D eigenvalue weighted by molar-refractivity contribution is 0.181. The van der Waals surface area contributed by atoms with E-state index in [0.29, 0.717) is 17.8 Å². The molecule has 12 heteroatoms. The van der Waals surface area contributed by atoms with E-state index in [0.717, 1.165) is 0 Å². The molecule has 2 fully saturated rings. The highest BCUT2D eigenvalue weighted by Gasteiger charge is 2.65. The first-order chi connectivity index (χ1) is 14.3. The molecule has 0 amide bonds. The number of hydrogen-bond acceptors (Lipinski definition) is 9. The molecule has 30 heavy (non-hydrogen) atoms. The third-order valence-electron chi connectivity index (χ3n) is 5.77. The quantitative estimate of drug-likeness (QED) is 0.570. The number of nitrogens with zero attached hydrogens (tertiary/aromatic N) is 5. The third-order valence-corrected chi connectivity index (χ3v) is 10.1. The molecule has 3 aromatic heterocycles. The van der Waals surface area contributed by atoms with Gasteiger partial charge in [-0.3, -0.25) is 9.97 Å². The smallest absolute Gasteiger partial charge is 0.244 e. The first kappa shape index (κ1) is 19.3. The van der Waals surface area contributed by atoms with Crippen LogP contribution in [0.5, 0.6) is 0 Å². The third kappa shape index (κ3) is 2.78. The zero-order valence-corrected chi connectivity index (χ0v) is 17.3. The molecule has 1 atom stereocenters. The first-order valence-corrected chi connectivity index (χ1v) is 12.3. The standard InChI is InChI=1S/C18H17N5O5S2/c24-29(25)9-5-15(17-21-16(22-28-17)13-3-7-19-8-4-13)18(29)11-23(12-18)30(26,27)14-2-1-6-20-10-14/h1-4,6-8,10,15H,5,9,11-12H2. The van der Waals surface area contributed by atoms with Crippen LogP contribution in [0.15, 0.2) is 58.5 Å². The van der Waals surface area contributed by atoms with E-state index in [4.69, 9.17) is 4.52 Å². The zero-order valence-electron chi connectivity index (χ0n) is 15.6. The lowest BCUT2D eigenvalue weighted by atomic mass is 9.84. The molecule has 1 unspecified atom stereocenters. The van der Waals surface area contributed by atoms with Crippen molar-refractivity contribution in [1.29, 1.82) is 0 Å². The minimum atomic E-state index is -3.83. The molecule has 2 aliphatic heterocycles. The van der Waals surface area contributed by atoms with Crippen molar-refractivity contribution in [3.63, 3.8) is 0 Å². The molecule has 5 heterocycles. The number of aromatic nitrogens is 4. The summed E-state index contributed by atoms with van der Waals surface area (Å²) in [5.74, 6) is -0.0657. The van der Waals surface area contributed by atoms with Crippen molar-refractivity contribution in [1.82, 2.24) is 24.4 Å². The fourth-order valence-electron chi connectivity index (χ4n) is 4.09. The molecular weight excluding hydrogens is 430 g/mol. The Morgan fingerprint density at radius 1 is 1.10 bits per heavy atom. The average Bonchev–Trinajstić information content (AvgIpc) is 3.30. The summed E-state index contributed by atoms with van der Waals surface area (Å²) >= 11 is 0. The van der Waals surface area contributed by atoms with Crippen LogP contribution in [-0.2, 0) is 19.9 Å². The normalized spacial score (nSPS) is 22.7. The fourth-order valence-corrected chi connectivity index (χ4v) is 8.10. The minimum absolute atomic E-state index is 0.0320. The Kier molecular flexibility index (Phi) is 4.27. The summed E-state index contributed by atoms with van der Waals surface area (Å²) in [5.41, 5.74) is 0.698. The maximum absolute atomic E-state index is 12.9. The lowest BCUT2D eigenvalue weighted by Crippen LogP contribution is -2.67. The second-order valence-corrected chi connectivity index (χ2v) is 11.8. The van der Waals surface area contributed by atoms with Gasteiger partial charge >= 0.3 is 0 Å². The minimum Gasteiger partial charge on any atom is -0.339 e. The summed E-state index contributed by atoms with van der Waals surface area (Å²) in [4.78, 5) is 12.2. The van der Waals surface area contributed by atoms with E-state index in [1.54, 1.807) is 24.5 Å². The Morgan fingerprint density at radius 2 is 1.87 bits per heavy atom. The van der Waals surface area contributed by atoms with Crippen molar-refractivity contribution >= 4 is 19.9 Å². The van der Waals surface area contributed by atoms with Crippen LogP contribution in [0.3, 0.4) is 0 Å². The molecule has 3 aromatic rings. The van der Waals surface area contributed by atoms with Gasteiger partial charge in [-0.2, -0.15) is 9.29 Å². The number of pyridine rings is 2. The van der Waals surface area contributed by atoms with E-state index in [9.17, 15) is 16.8 Å². The van der Waals surface area contributed by atoms with Crippen LogP contribution in [-0.4, -0.2) is 64.8 Å². The monoisotopic (exact) mass is 447 g/mol. The molecule has 1 spiro atoms. The van der Waals surface area contributed by atoms with Crippen molar-refractivity contribution in [3.8, 4) is 11.4 Å². The van der Waals surface area contributed by atoms with Crippen molar-refractivity contribution in [3.05, 3.63) is 54.9 Å². The van der Waals surface area contributed by atoms with Crippen LogP contribution in [0.4, 0.5) is 0 Å². The van der Waals surface area contributed by atoms with E-state index in [2.05, 4.69) is 20.1 Å². The van der Waals surface area contributed by atoms with E-state index in [1.165, 1.54) is 28.8 Å². The van der Waals surface area contributed by atoms with Crippen molar-refractivity contribution in [2.45, 2.75) is 22.0 Å². The summed E-state index contributed by atoms with van der Waals surface area (Å²) in [6.07, 6.45) is 6.23. The van der Waals surface area contributed by atoms with Gasteiger partial charge in [0, 0.05) is 43.4 Å². The molecule has 0 radical (unpaired) electrons. The average molecular weight is 447 g/mol. The molecule has 2 saturated heterocycles. The number of sulfonamides is 1. The maximum Gasteiger partial charge on any atom is 0.244 e. The van der Waals surface area contributed by atoms with Gasteiger partial charge in [0.05, 0.1) is 11.7 Å². The fraction of sp³-hybridized carbons (Fsp3) is 0.333. The van der Waals surface area contributed by atoms with Gasteiger partial charge in [-0.05, 0) is 30.7 Å². The van der Waals surface area contributed by atoms with Gasteiger partial charge in [-0.25, -0.2) is 16.8 Å². The molecule has 0 saturated carbocycles. The van der Waals surface area contributed by atoms with Crippen molar-refractivity contribution in [2.24, 2.45) is 0 Å². The Balaban J connectivity index is 1.45. The maximum atomic E-state index is 12.9. The van der Waals surface area contributed by atoms with Gasteiger partial charge in [0.2, 0.25) is 21.7 Å². The second-order valence-electron chi connectivity index (χ2n) is 7.38.